The molecule has 0 aliphatic carbocycles. The van der Waals surface area contributed by atoms with Gasteiger partial charge in [-0.1, -0.05) is 12.1 Å². The van der Waals surface area contributed by atoms with E-state index in [1.54, 1.807) is 47.9 Å². The van der Waals surface area contributed by atoms with E-state index in [2.05, 4.69) is 10.1 Å². The number of nitrogens with zero attached hydrogens (tertiary/aromatic N) is 4. The van der Waals surface area contributed by atoms with Gasteiger partial charge in [0, 0.05) is 6.92 Å². The summed E-state index contributed by atoms with van der Waals surface area (Å²) in [6, 6.07) is 12.8. The van der Waals surface area contributed by atoms with Crippen molar-refractivity contribution in [3.05, 3.63) is 64.7 Å². The minimum absolute atomic E-state index is 0.0518. The van der Waals surface area contributed by atoms with Gasteiger partial charge >= 0.3 is 0 Å². The van der Waals surface area contributed by atoms with Crippen LogP contribution in [0.15, 0.2) is 58.2 Å². The third-order valence-electron chi connectivity index (χ3n) is 4.19. The Morgan fingerprint density at radius 3 is 2.43 bits per heavy atom. The quantitative estimate of drug-likeness (QED) is 0.555. The van der Waals surface area contributed by atoms with Crippen LogP contribution in [0.3, 0.4) is 0 Å². The molecule has 0 radical (unpaired) electrons. The van der Waals surface area contributed by atoms with Crippen LogP contribution in [-0.4, -0.2) is 33.5 Å². The highest BCUT2D eigenvalue weighted by atomic mass is 32.2. The number of hydrogen-bond donors (Lipinski definition) is 1. The minimum Gasteiger partial charge on any atom is -0.274 e. The molecule has 0 fully saturated rings. The molecule has 2 aromatic heterocycles. The highest BCUT2D eigenvalue weighted by Crippen LogP contribution is 2.18. The van der Waals surface area contributed by atoms with E-state index in [1.807, 2.05) is 4.72 Å². The number of nitrogens with one attached hydrogen (secondary N) is 1. The van der Waals surface area contributed by atoms with Crippen molar-refractivity contribution in [3.8, 4) is 5.69 Å². The van der Waals surface area contributed by atoms with E-state index >= 15 is 0 Å². The molecule has 0 atom stereocenters. The van der Waals surface area contributed by atoms with Crippen LogP contribution in [0.2, 0.25) is 0 Å². The molecule has 0 saturated heterocycles. The van der Waals surface area contributed by atoms with E-state index in [1.165, 1.54) is 16.6 Å². The summed E-state index contributed by atoms with van der Waals surface area (Å²) in [5.41, 5.74) is 0.835. The van der Waals surface area contributed by atoms with E-state index < -0.39 is 15.9 Å². The molecule has 2 heterocycles. The first kappa shape index (κ1) is 17.9. The van der Waals surface area contributed by atoms with E-state index in [4.69, 9.17) is 0 Å². The Labute approximate surface area is 159 Å². The number of carbonyl (C=O) groups excluding carboxylic acids is 1. The fourth-order valence-electron chi connectivity index (χ4n) is 3.01. The molecule has 28 heavy (non-hydrogen) atoms. The number of hydrogen-bond acceptors (Lipinski definition) is 6. The van der Waals surface area contributed by atoms with Crippen LogP contribution in [0.25, 0.3) is 22.4 Å². The first-order chi connectivity index (χ1) is 13.3. The minimum atomic E-state index is -3.93. The highest BCUT2D eigenvalue weighted by Gasteiger charge is 2.18. The lowest BCUT2D eigenvalue weighted by Gasteiger charge is -2.08. The molecule has 1 amide bonds. The van der Waals surface area contributed by atoms with Crippen LogP contribution < -0.4 is 10.3 Å². The van der Waals surface area contributed by atoms with Crippen molar-refractivity contribution in [1.82, 2.24) is 23.9 Å². The summed E-state index contributed by atoms with van der Waals surface area (Å²) in [4.78, 5) is 28.3. The molecule has 0 unspecified atom stereocenters. The number of aromatic nitrogens is 4. The summed E-state index contributed by atoms with van der Waals surface area (Å²) < 4.78 is 29.0. The Kier molecular flexibility index (Phi) is 4.00. The van der Waals surface area contributed by atoms with Gasteiger partial charge in [0.1, 0.15) is 5.82 Å². The molecule has 142 valence electrons. The van der Waals surface area contributed by atoms with Gasteiger partial charge in [0.2, 0.25) is 11.7 Å². The lowest BCUT2D eigenvalue weighted by atomic mass is 10.2. The summed E-state index contributed by atoms with van der Waals surface area (Å²) in [7, 11) is -3.93. The fourth-order valence-corrected chi connectivity index (χ4v) is 4.00. The number of rotatable bonds is 3. The lowest BCUT2D eigenvalue weighted by molar-refractivity contribution is -0.117. The predicted octanol–water partition coefficient (Wildman–Crippen LogP) is 1.17. The number of para-hydroxylation sites is 1. The van der Waals surface area contributed by atoms with Crippen molar-refractivity contribution in [1.29, 1.82) is 0 Å². The summed E-state index contributed by atoms with van der Waals surface area (Å²) in [5.74, 6) is 0.159. The Morgan fingerprint density at radius 2 is 1.75 bits per heavy atom. The van der Waals surface area contributed by atoms with Crippen molar-refractivity contribution in [2.75, 3.05) is 0 Å². The Balaban J connectivity index is 1.89. The van der Waals surface area contributed by atoms with Gasteiger partial charge in [-0.25, -0.2) is 18.1 Å². The summed E-state index contributed by atoms with van der Waals surface area (Å²) >= 11 is 0. The van der Waals surface area contributed by atoms with Gasteiger partial charge in [-0.05, 0) is 43.3 Å². The van der Waals surface area contributed by atoms with Crippen LogP contribution in [0.4, 0.5) is 0 Å². The van der Waals surface area contributed by atoms with Gasteiger partial charge in [-0.2, -0.15) is 4.52 Å². The first-order valence-electron chi connectivity index (χ1n) is 8.29. The number of amides is 1. The molecule has 0 spiro atoms. The molecule has 1 N–H and O–H groups in total. The lowest BCUT2D eigenvalue weighted by Crippen LogP contribution is -2.28. The molecular formula is C18H15N5O4S. The Hall–Kier alpha value is -3.53. The van der Waals surface area contributed by atoms with E-state index in [0.29, 0.717) is 28.2 Å². The average molecular weight is 397 g/mol. The molecule has 10 heteroatoms. The third-order valence-corrected chi connectivity index (χ3v) is 5.64. The van der Waals surface area contributed by atoms with Gasteiger partial charge < -0.3 is 0 Å². The molecular weight excluding hydrogens is 382 g/mol. The Morgan fingerprint density at radius 1 is 1.07 bits per heavy atom. The zero-order valence-corrected chi connectivity index (χ0v) is 15.8. The molecule has 4 aromatic rings. The van der Waals surface area contributed by atoms with E-state index in [0.717, 1.165) is 6.92 Å². The van der Waals surface area contributed by atoms with Crippen molar-refractivity contribution >= 4 is 32.6 Å². The van der Waals surface area contributed by atoms with E-state index in [9.17, 15) is 18.0 Å². The average Bonchev–Trinajstić information content (AvgIpc) is 2.97. The second kappa shape index (κ2) is 6.27. The second-order valence-corrected chi connectivity index (χ2v) is 7.87. The van der Waals surface area contributed by atoms with Crippen LogP contribution >= 0.6 is 0 Å². The number of fused-ring (bicyclic) bond motifs is 2. The zero-order chi connectivity index (χ0) is 20.1. The Bertz CT molecular complexity index is 1400. The number of carbonyl (C=O) groups is 1. The molecule has 0 bridgehead atoms. The molecule has 2 aromatic carbocycles. The number of benzene rings is 2. The van der Waals surface area contributed by atoms with Crippen LogP contribution in [0.1, 0.15) is 12.7 Å². The first-order valence-corrected chi connectivity index (χ1v) is 9.77. The van der Waals surface area contributed by atoms with Crippen molar-refractivity contribution in [2.45, 2.75) is 18.7 Å². The van der Waals surface area contributed by atoms with Gasteiger partial charge in [-0.3, -0.25) is 14.2 Å². The highest BCUT2D eigenvalue weighted by molar-refractivity contribution is 7.90. The van der Waals surface area contributed by atoms with Gasteiger partial charge in [-0.15, -0.1) is 5.10 Å². The smallest absolute Gasteiger partial charge is 0.274 e. The zero-order valence-electron chi connectivity index (χ0n) is 14.9. The summed E-state index contributed by atoms with van der Waals surface area (Å²) in [6.07, 6.45) is 0. The van der Waals surface area contributed by atoms with Gasteiger partial charge in [0.05, 0.1) is 21.5 Å². The van der Waals surface area contributed by atoms with Crippen LogP contribution in [-0.2, 0) is 14.8 Å². The molecule has 9 nitrogen and oxygen atoms in total. The molecule has 0 aliphatic rings. The van der Waals surface area contributed by atoms with Crippen LogP contribution in [0.5, 0.6) is 0 Å². The maximum Gasteiger partial charge on any atom is 0.283 e. The van der Waals surface area contributed by atoms with E-state index in [-0.39, 0.29) is 10.5 Å². The third kappa shape index (κ3) is 2.83. The summed E-state index contributed by atoms with van der Waals surface area (Å²) in [6.45, 7) is 2.85. The summed E-state index contributed by atoms with van der Waals surface area (Å²) in [5, 5.41) is 4.74. The maximum atomic E-state index is 12.7. The van der Waals surface area contributed by atoms with Crippen molar-refractivity contribution < 1.29 is 13.2 Å². The van der Waals surface area contributed by atoms with Gasteiger partial charge in [0.25, 0.3) is 15.6 Å². The topological polar surface area (TPSA) is 115 Å². The normalized spacial score (nSPS) is 11.8. The largest absolute Gasteiger partial charge is 0.283 e. The van der Waals surface area contributed by atoms with Crippen molar-refractivity contribution in [3.63, 3.8) is 0 Å². The van der Waals surface area contributed by atoms with Gasteiger partial charge in [0.15, 0.2) is 0 Å². The molecule has 0 saturated carbocycles. The predicted molar refractivity (Wildman–Crippen MR) is 102 cm³/mol. The SMILES string of the molecule is CC(=O)NS(=O)(=O)c1ccc(-n2c(C)nn3c(=O)c4ccccc4nc23)cc1. The van der Waals surface area contributed by atoms with Crippen LogP contribution in [0, 0.1) is 6.92 Å². The fraction of sp³-hybridized carbons (Fsp3) is 0.111. The second-order valence-electron chi connectivity index (χ2n) is 6.18. The standard InChI is InChI=1S/C18H15N5O4S/c1-11-20-23-17(25)15-5-3-4-6-16(15)19-18(23)22(11)13-7-9-14(10-8-13)28(26,27)21-12(2)24/h3-10H,1-2H3,(H,21,24). The maximum absolute atomic E-state index is 12.7. The van der Waals surface area contributed by atoms with Crippen molar-refractivity contribution in [2.24, 2.45) is 0 Å². The number of aryl methyl sites for hydroxylation is 1. The molecule has 4 rings (SSSR count). The molecule has 0 aliphatic heterocycles. The monoisotopic (exact) mass is 397 g/mol. The number of sulfonamides is 1.